The van der Waals surface area contributed by atoms with Crippen LogP contribution < -0.4 is 0 Å². The fraction of sp³-hybridized carbons (Fsp3) is 0.800. The molecule has 0 N–H and O–H groups in total. The molecular formula is C15H24N2O4. The maximum absolute atomic E-state index is 12.5. The van der Waals surface area contributed by atoms with E-state index in [1.165, 1.54) is 4.90 Å². The van der Waals surface area contributed by atoms with Crippen LogP contribution in [0.5, 0.6) is 0 Å². The maximum atomic E-state index is 12.5. The molecule has 0 aromatic heterocycles. The van der Waals surface area contributed by atoms with E-state index in [-0.39, 0.29) is 18.4 Å². The highest BCUT2D eigenvalue weighted by Gasteiger charge is 2.43. The number of hydrogen-bond donors (Lipinski definition) is 0. The van der Waals surface area contributed by atoms with Crippen LogP contribution in [-0.4, -0.2) is 58.4 Å². The van der Waals surface area contributed by atoms with Gasteiger partial charge in [-0.15, -0.1) is 0 Å². The van der Waals surface area contributed by atoms with E-state index in [4.69, 9.17) is 4.74 Å². The van der Waals surface area contributed by atoms with E-state index >= 15 is 0 Å². The van der Waals surface area contributed by atoms with Crippen molar-refractivity contribution in [3.8, 4) is 0 Å². The second-order valence-corrected chi connectivity index (χ2v) is 6.77. The Bertz CT molecular complexity index is 455. The minimum Gasteiger partial charge on any atom is -0.458 e. The molecule has 2 unspecified atom stereocenters. The molecule has 0 aliphatic carbocycles. The average Bonchev–Trinajstić information content (AvgIpc) is 2.40. The molecular weight excluding hydrogens is 272 g/mol. The summed E-state index contributed by atoms with van der Waals surface area (Å²) in [6.45, 7) is 7.58. The molecule has 0 bridgehead atoms. The molecule has 2 fully saturated rings. The van der Waals surface area contributed by atoms with Crippen molar-refractivity contribution in [3.05, 3.63) is 0 Å². The van der Waals surface area contributed by atoms with Crippen molar-refractivity contribution in [2.45, 2.75) is 64.6 Å². The Morgan fingerprint density at radius 3 is 2.57 bits per heavy atom. The lowest BCUT2D eigenvalue weighted by atomic mass is 9.97. The van der Waals surface area contributed by atoms with Gasteiger partial charge in [0.25, 0.3) is 0 Å². The monoisotopic (exact) mass is 296 g/mol. The van der Waals surface area contributed by atoms with Gasteiger partial charge in [-0.25, -0.2) is 4.79 Å². The molecule has 0 radical (unpaired) electrons. The highest BCUT2D eigenvalue weighted by molar-refractivity contribution is 5.97. The number of hydrogen-bond acceptors (Lipinski definition) is 4. The van der Waals surface area contributed by atoms with Crippen molar-refractivity contribution in [1.29, 1.82) is 0 Å². The molecule has 0 aromatic rings. The fourth-order valence-corrected chi connectivity index (χ4v) is 2.83. The second-order valence-electron chi connectivity index (χ2n) is 6.77. The van der Waals surface area contributed by atoms with Crippen molar-refractivity contribution in [3.63, 3.8) is 0 Å². The Morgan fingerprint density at radius 2 is 1.95 bits per heavy atom. The lowest BCUT2D eigenvalue weighted by molar-refractivity contribution is -0.171. The van der Waals surface area contributed by atoms with Gasteiger partial charge in [0.05, 0.1) is 0 Å². The van der Waals surface area contributed by atoms with Crippen LogP contribution in [0.25, 0.3) is 0 Å². The first kappa shape index (κ1) is 15.8. The summed E-state index contributed by atoms with van der Waals surface area (Å²) in [5.41, 5.74) is -0.606. The molecule has 2 atom stereocenters. The smallest absolute Gasteiger partial charge is 0.329 e. The summed E-state index contributed by atoms with van der Waals surface area (Å²) < 4.78 is 5.31. The summed E-state index contributed by atoms with van der Waals surface area (Å²) in [4.78, 5) is 39.9. The summed E-state index contributed by atoms with van der Waals surface area (Å²) >= 11 is 0. The van der Waals surface area contributed by atoms with Crippen molar-refractivity contribution >= 4 is 17.8 Å². The van der Waals surface area contributed by atoms with Gasteiger partial charge in [0.15, 0.2) is 0 Å². The Hall–Kier alpha value is -1.59. The first-order valence-corrected chi connectivity index (χ1v) is 7.53. The minimum atomic E-state index is -0.732. The Morgan fingerprint density at radius 1 is 1.29 bits per heavy atom. The van der Waals surface area contributed by atoms with Crippen LogP contribution in [-0.2, 0) is 19.1 Å². The molecule has 2 aliphatic heterocycles. The van der Waals surface area contributed by atoms with Gasteiger partial charge in [-0.3, -0.25) is 9.59 Å². The van der Waals surface area contributed by atoms with E-state index in [0.29, 0.717) is 13.0 Å². The van der Waals surface area contributed by atoms with Gasteiger partial charge in [-0.2, -0.15) is 0 Å². The molecule has 6 nitrogen and oxygen atoms in total. The van der Waals surface area contributed by atoms with Crippen LogP contribution in [0.3, 0.4) is 0 Å². The van der Waals surface area contributed by atoms with Crippen LogP contribution in [0.15, 0.2) is 0 Å². The van der Waals surface area contributed by atoms with E-state index in [1.807, 2.05) is 0 Å². The van der Waals surface area contributed by atoms with Crippen molar-refractivity contribution in [2.75, 3.05) is 13.1 Å². The molecule has 2 saturated heterocycles. The van der Waals surface area contributed by atoms with E-state index in [0.717, 1.165) is 12.8 Å². The van der Waals surface area contributed by atoms with E-state index in [9.17, 15) is 14.4 Å². The molecule has 2 heterocycles. The van der Waals surface area contributed by atoms with Gasteiger partial charge < -0.3 is 14.5 Å². The Labute approximate surface area is 125 Å². The lowest BCUT2D eigenvalue weighted by Gasteiger charge is -2.44. The van der Waals surface area contributed by atoms with Gasteiger partial charge >= 0.3 is 5.97 Å². The van der Waals surface area contributed by atoms with Crippen molar-refractivity contribution < 1.29 is 19.1 Å². The number of piperazine rings is 1. The van der Waals surface area contributed by atoms with Gasteiger partial charge in [0.1, 0.15) is 24.2 Å². The highest BCUT2D eigenvalue weighted by atomic mass is 16.6. The summed E-state index contributed by atoms with van der Waals surface area (Å²) in [5, 5.41) is 0. The van der Waals surface area contributed by atoms with Crippen molar-refractivity contribution in [1.82, 2.24) is 9.80 Å². The van der Waals surface area contributed by atoms with Gasteiger partial charge in [-0.05, 0) is 47.0 Å². The number of ether oxygens (including phenoxy) is 1. The zero-order valence-electron chi connectivity index (χ0n) is 13.2. The van der Waals surface area contributed by atoms with Crippen LogP contribution >= 0.6 is 0 Å². The standard InChI is InChI=1S/C15H24N2O4/c1-10(14(20)21-15(2,3)4)17-9-12(18)16-8-6-5-7-11(16)13(17)19/h10-11H,5-9H2,1-4H3. The van der Waals surface area contributed by atoms with Gasteiger partial charge in [0.2, 0.25) is 11.8 Å². The number of carbonyl (C=O) groups excluding carboxylic acids is 3. The largest absolute Gasteiger partial charge is 0.458 e. The molecule has 118 valence electrons. The molecule has 6 heteroatoms. The zero-order valence-corrected chi connectivity index (χ0v) is 13.2. The van der Waals surface area contributed by atoms with Crippen LogP contribution in [0.2, 0.25) is 0 Å². The summed E-state index contributed by atoms with van der Waals surface area (Å²) in [6, 6.07) is -1.13. The Balaban J connectivity index is 2.10. The summed E-state index contributed by atoms with van der Waals surface area (Å²) in [6.07, 6.45) is 2.56. The van der Waals surface area contributed by atoms with Crippen LogP contribution in [0, 0.1) is 0 Å². The second kappa shape index (κ2) is 5.66. The number of fused-ring (bicyclic) bond motifs is 1. The maximum Gasteiger partial charge on any atom is 0.329 e. The SMILES string of the molecule is CC(C(=O)OC(C)(C)C)N1CC(=O)N2CCCCC2C1=O. The topological polar surface area (TPSA) is 66.9 Å². The molecule has 2 rings (SSSR count). The first-order chi connectivity index (χ1) is 9.70. The average molecular weight is 296 g/mol. The molecule has 2 amide bonds. The first-order valence-electron chi connectivity index (χ1n) is 7.53. The molecule has 2 aliphatic rings. The summed E-state index contributed by atoms with van der Waals surface area (Å²) in [7, 11) is 0. The molecule has 21 heavy (non-hydrogen) atoms. The van der Waals surface area contributed by atoms with Gasteiger partial charge in [-0.1, -0.05) is 0 Å². The molecule has 0 saturated carbocycles. The van der Waals surface area contributed by atoms with Crippen LogP contribution in [0.1, 0.15) is 47.0 Å². The minimum absolute atomic E-state index is 0.0320. The Kier molecular flexibility index (Phi) is 4.25. The quantitative estimate of drug-likeness (QED) is 0.711. The third kappa shape index (κ3) is 3.36. The fourth-order valence-electron chi connectivity index (χ4n) is 2.83. The normalized spacial score (nSPS) is 24.7. The predicted octanol–water partition coefficient (Wildman–Crippen LogP) is 0.940. The van der Waals surface area contributed by atoms with Gasteiger partial charge in [0, 0.05) is 6.54 Å². The molecule has 0 spiro atoms. The summed E-state index contributed by atoms with van der Waals surface area (Å²) in [5.74, 6) is -0.671. The van der Waals surface area contributed by atoms with E-state index in [1.54, 1.807) is 32.6 Å². The molecule has 0 aromatic carbocycles. The number of piperidine rings is 1. The number of esters is 1. The zero-order chi connectivity index (χ0) is 15.8. The lowest BCUT2D eigenvalue weighted by Crippen LogP contribution is -2.64. The number of amides is 2. The predicted molar refractivity (Wildman–Crippen MR) is 76.4 cm³/mol. The number of nitrogens with zero attached hydrogens (tertiary/aromatic N) is 2. The third-order valence-corrected chi connectivity index (χ3v) is 3.91. The highest BCUT2D eigenvalue weighted by Crippen LogP contribution is 2.25. The van der Waals surface area contributed by atoms with E-state index in [2.05, 4.69) is 0 Å². The van der Waals surface area contributed by atoms with Crippen molar-refractivity contribution in [2.24, 2.45) is 0 Å². The van der Waals surface area contributed by atoms with E-state index < -0.39 is 23.7 Å². The van der Waals surface area contributed by atoms with Crippen LogP contribution in [0.4, 0.5) is 0 Å². The number of carbonyl (C=O) groups is 3. The number of rotatable bonds is 2. The third-order valence-electron chi connectivity index (χ3n) is 3.91.